The van der Waals surface area contributed by atoms with Gasteiger partial charge in [-0.05, 0) is 61.9 Å². The number of nitrogens with zero attached hydrogens (tertiary/aromatic N) is 1. The van der Waals surface area contributed by atoms with Crippen LogP contribution in [0, 0.1) is 6.92 Å². The van der Waals surface area contributed by atoms with E-state index in [1.807, 2.05) is 74.7 Å². The van der Waals surface area contributed by atoms with Crippen LogP contribution in [0.4, 0.5) is 0 Å². The maximum atomic E-state index is 13.4. The van der Waals surface area contributed by atoms with E-state index in [9.17, 15) is 13.2 Å². The van der Waals surface area contributed by atoms with Crippen LogP contribution in [0.5, 0.6) is 0 Å². The molecule has 0 saturated heterocycles. The average molecular weight is 483 g/mol. The number of amides is 1. The summed E-state index contributed by atoms with van der Waals surface area (Å²) in [5.41, 5.74) is 2.96. The lowest BCUT2D eigenvalue weighted by atomic mass is 10.1. The Balaban J connectivity index is 1.75. The number of aryl methyl sites for hydroxylation is 1. The molecule has 0 aromatic heterocycles. The number of nitrogens with one attached hydrogen (secondary N) is 1. The second-order valence-corrected chi connectivity index (χ2v) is 10.8. The Kier molecular flexibility index (Phi) is 8.72. The molecular weight excluding hydrogens is 452 g/mol. The van der Waals surface area contributed by atoms with E-state index in [0.717, 1.165) is 21.6 Å². The second kappa shape index (κ2) is 11.5. The Hall–Kier alpha value is -2.61. The smallest absolute Gasteiger partial charge is 0.243 e. The summed E-state index contributed by atoms with van der Waals surface area (Å²) in [6.45, 7) is 3.78. The van der Waals surface area contributed by atoms with E-state index in [1.165, 1.54) is 4.31 Å². The molecule has 1 N–H and O–H groups in total. The molecule has 1 amide bonds. The number of carbonyl (C=O) groups is 1. The highest BCUT2D eigenvalue weighted by Gasteiger charge is 2.27. The molecule has 0 fully saturated rings. The standard InChI is InChI=1S/C26H30N2O3S2/c1-20-9-15-25(16-10-20)33(30,31)28(18-17-22-7-5-4-6-8-22)19-26(29)27-21(2)23-11-13-24(32-3)14-12-23/h4-16,21H,17-19H2,1-3H3,(H,27,29)/t21-/m0/s1. The molecule has 0 bridgehead atoms. The molecule has 1 atom stereocenters. The Bertz CT molecular complexity index is 1150. The Morgan fingerprint density at radius 3 is 2.21 bits per heavy atom. The van der Waals surface area contributed by atoms with Crippen LogP contribution in [0.25, 0.3) is 0 Å². The topological polar surface area (TPSA) is 66.5 Å². The lowest BCUT2D eigenvalue weighted by Gasteiger charge is -2.23. The molecule has 0 saturated carbocycles. The monoisotopic (exact) mass is 482 g/mol. The molecule has 0 unspecified atom stereocenters. The molecule has 0 heterocycles. The van der Waals surface area contributed by atoms with Crippen LogP contribution in [0.2, 0.25) is 0 Å². The summed E-state index contributed by atoms with van der Waals surface area (Å²) >= 11 is 1.66. The first-order valence-electron chi connectivity index (χ1n) is 10.8. The van der Waals surface area contributed by atoms with E-state index in [2.05, 4.69) is 5.32 Å². The van der Waals surface area contributed by atoms with Crippen LogP contribution in [-0.2, 0) is 21.2 Å². The fourth-order valence-corrected chi connectivity index (χ4v) is 5.27. The lowest BCUT2D eigenvalue weighted by molar-refractivity contribution is -0.121. The zero-order valence-corrected chi connectivity index (χ0v) is 20.8. The average Bonchev–Trinajstić information content (AvgIpc) is 2.82. The fourth-order valence-electron chi connectivity index (χ4n) is 3.47. The minimum atomic E-state index is -3.82. The van der Waals surface area contributed by atoms with E-state index >= 15 is 0 Å². The van der Waals surface area contributed by atoms with Crippen molar-refractivity contribution in [3.8, 4) is 0 Å². The summed E-state index contributed by atoms with van der Waals surface area (Å²) in [4.78, 5) is 14.2. The minimum absolute atomic E-state index is 0.190. The summed E-state index contributed by atoms with van der Waals surface area (Å²) < 4.78 is 28.0. The molecule has 7 heteroatoms. The first-order chi connectivity index (χ1) is 15.8. The summed E-state index contributed by atoms with van der Waals surface area (Å²) in [6, 6.07) is 24.1. The van der Waals surface area contributed by atoms with Crippen LogP contribution in [0.15, 0.2) is 88.7 Å². The molecule has 3 aromatic rings. The highest BCUT2D eigenvalue weighted by molar-refractivity contribution is 7.98. The van der Waals surface area contributed by atoms with Gasteiger partial charge in [0.1, 0.15) is 0 Å². The predicted molar refractivity (Wildman–Crippen MR) is 135 cm³/mol. The zero-order valence-electron chi connectivity index (χ0n) is 19.2. The Morgan fingerprint density at radius 2 is 1.61 bits per heavy atom. The van der Waals surface area contributed by atoms with E-state index in [-0.39, 0.29) is 29.9 Å². The van der Waals surface area contributed by atoms with Crippen molar-refractivity contribution in [1.82, 2.24) is 9.62 Å². The van der Waals surface area contributed by atoms with Gasteiger partial charge < -0.3 is 5.32 Å². The Labute approximate surface area is 201 Å². The normalized spacial score (nSPS) is 12.5. The van der Waals surface area contributed by atoms with Gasteiger partial charge in [-0.2, -0.15) is 4.31 Å². The molecule has 0 aliphatic rings. The SMILES string of the molecule is CSc1ccc([C@H](C)NC(=O)CN(CCc2ccccc2)S(=O)(=O)c2ccc(C)cc2)cc1. The third kappa shape index (κ3) is 6.93. The summed E-state index contributed by atoms with van der Waals surface area (Å²) in [5, 5.41) is 2.94. The number of rotatable bonds is 10. The third-order valence-electron chi connectivity index (χ3n) is 5.46. The quantitative estimate of drug-likeness (QED) is 0.421. The van der Waals surface area contributed by atoms with Crippen LogP contribution in [0.3, 0.4) is 0 Å². The van der Waals surface area contributed by atoms with Crippen LogP contribution < -0.4 is 5.32 Å². The molecule has 174 valence electrons. The largest absolute Gasteiger partial charge is 0.348 e. The molecule has 0 spiro atoms. The van der Waals surface area contributed by atoms with Crippen molar-refractivity contribution in [3.63, 3.8) is 0 Å². The number of thioether (sulfide) groups is 1. The maximum absolute atomic E-state index is 13.4. The van der Waals surface area contributed by atoms with Gasteiger partial charge >= 0.3 is 0 Å². The van der Waals surface area contributed by atoms with Crippen molar-refractivity contribution in [2.45, 2.75) is 36.1 Å². The van der Waals surface area contributed by atoms with Crippen molar-refractivity contribution >= 4 is 27.7 Å². The highest BCUT2D eigenvalue weighted by Crippen LogP contribution is 2.20. The third-order valence-corrected chi connectivity index (χ3v) is 8.07. The van der Waals surface area contributed by atoms with E-state index in [4.69, 9.17) is 0 Å². The van der Waals surface area contributed by atoms with Gasteiger partial charge in [0, 0.05) is 11.4 Å². The lowest BCUT2D eigenvalue weighted by Crippen LogP contribution is -2.42. The van der Waals surface area contributed by atoms with Crippen molar-refractivity contribution in [2.75, 3.05) is 19.3 Å². The van der Waals surface area contributed by atoms with Crippen molar-refractivity contribution in [1.29, 1.82) is 0 Å². The van der Waals surface area contributed by atoms with Gasteiger partial charge in [0.25, 0.3) is 0 Å². The number of carbonyl (C=O) groups excluding carboxylic acids is 1. The number of benzene rings is 3. The van der Waals surface area contributed by atoms with Crippen LogP contribution in [0.1, 0.15) is 29.7 Å². The van der Waals surface area contributed by atoms with Crippen molar-refractivity contribution in [3.05, 3.63) is 95.6 Å². The van der Waals surface area contributed by atoms with Gasteiger partial charge in [-0.1, -0.05) is 60.2 Å². The Morgan fingerprint density at radius 1 is 0.970 bits per heavy atom. The van der Waals surface area contributed by atoms with Gasteiger partial charge in [0.05, 0.1) is 17.5 Å². The summed E-state index contributed by atoms with van der Waals surface area (Å²) in [5.74, 6) is -0.333. The summed E-state index contributed by atoms with van der Waals surface area (Å²) in [7, 11) is -3.82. The summed E-state index contributed by atoms with van der Waals surface area (Å²) in [6.07, 6.45) is 2.53. The van der Waals surface area contributed by atoms with E-state index in [1.54, 1.807) is 36.0 Å². The predicted octanol–water partition coefficient (Wildman–Crippen LogP) is 4.83. The first-order valence-corrected chi connectivity index (χ1v) is 13.5. The minimum Gasteiger partial charge on any atom is -0.348 e. The first kappa shape index (κ1) is 25.0. The van der Waals surface area contributed by atoms with E-state index < -0.39 is 10.0 Å². The van der Waals surface area contributed by atoms with Crippen LogP contribution in [-0.4, -0.2) is 38.0 Å². The van der Waals surface area contributed by atoms with Crippen LogP contribution >= 0.6 is 11.8 Å². The molecule has 0 radical (unpaired) electrons. The molecule has 3 aromatic carbocycles. The molecular formula is C26H30N2O3S2. The highest BCUT2D eigenvalue weighted by atomic mass is 32.2. The number of hydrogen-bond donors (Lipinski definition) is 1. The maximum Gasteiger partial charge on any atom is 0.243 e. The van der Waals surface area contributed by atoms with Gasteiger partial charge in [0.2, 0.25) is 15.9 Å². The van der Waals surface area contributed by atoms with Gasteiger partial charge in [-0.25, -0.2) is 8.42 Å². The second-order valence-electron chi connectivity index (χ2n) is 7.95. The van der Waals surface area contributed by atoms with Gasteiger partial charge in [-0.15, -0.1) is 11.8 Å². The molecule has 3 rings (SSSR count). The molecule has 0 aliphatic carbocycles. The zero-order chi connectivity index (χ0) is 23.8. The number of hydrogen-bond acceptors (Lipinski definition) is 4. The molecule has 33 heavy (non-hydrogen) atoms. The van der Waals surface area contributed by atoms with Gasteiger partial charge in [0.15, 0.2) is 0 Å². The van der Waals surface area contributed by atoms with Crippen molar-refractivity contribution in [2.24, 2.45) is 0 Å². The number of sulfonamides is 1. The van der Waals surface area contributed by atoms with Gasteiger partial charge in [-0.3, -0.25) is 4.79 Å². The van der Waals surface area contributed by atoms with Crippen molar-refractivity contribution < 1.29 is 13.2 Å². The van der Waals surface area contributed by atoms with E-state index in [0.29, 0.717) is 6.42 Å². The fraction of sp³-hybridized carbons (Fsp3) is 0.269. The molecule has 0 aliphatic heterocycles. The molecule has 5 nitrogen and oxygen atoms in total.